The van der Waals surface area contributed by atoms with Gasteiger partial charge in [0.2, 0.25) is 0 Å². The maximum Gasteiger partial charge on any atom is 0.261 e. The Bertz CT molecular complexity index is 1440. The van der Waals surface area contributed by atoms with Gasteiger partial charge in [-0.15, -0.1) is 0 Å². The molecule has 0 amide bonds. The summed E-state index contributed by atoms with van der Waals surface area (Å²) in [6.07, 6.45) is -6.44. The SMILES string of the molecule is CC(C)(C)[Si](OC[C@H]1O[C@H](O)[C@H](O)[C@@H](O)[C@@H]1O[Si](c1ccccc1)(c1ccccc1)C(C)(C)C)(c1ccccc1)c1ccccc1. The molecule has 1 aliphatic rings. The van der Waals surface area contributed by atoms with Gasteiger partial charge in [0, 0.05) is 0 Å². The summed E-state index contributed by atoms with van der Waals surface area (Å²) in [6.45, 7) is 13.1. The predicted molar refractivity (Wildman–Crippen MR) is 189 cm³/mol. The fourth-order valence-electron chi connectivity index (χ4n) is 7.06. The summed E-state index contributed by atoms with van der Waals surface area (Å²) >= 11 is 0. The molecule has 1 aliphatic heterocycles. The number of aliphatic hydroxyl groups excluding tert-OH is 3. The van der Waals surface area contributed by atoms with E-state index in [-0.39, 0.29) is 16.7 Å². The van der Waals surface area contributed by atoms with Crippen molar-refractivity contribution in [2.24, 2.45) is 0 Å². The van der Waals surface area contributed by atoms with Crippen LogP contribution >= 0.6 is 0 Å². The van der Waals surface area contributed by atoms with Gasteiger partial charge in [0.05, 0.1) is 6.61 Å². The Morgan fingerprint density at radius 2 is 0.891 bits per heavy atom. The largest absolute Gasteiger partial charge is 0.405 e. The van der Waals surface area contributed by atoms with Crippen molar-refractivity contribution in [1.29, 1.82) is 0 Å². The Labute approximate surface area is 275 Å². The first kappa shape index (κ1) is 34.4. The molecule has 3 N–H and O–H groups in total. The summed E-state index contributed by atoms with van der Waals surface area (Å²) in [5.74, 6) is 0. The maximum atomic E-state index is 11.7. The molecule has 0 spiro atoms. The van der Waals surface area contributed by atoms with Gasteiger partial charge in [-0.2, -0.15) is 0 Å². The van der Waals surface area contributed by atoms with E-state index >= 15 is 0 Å². The van der Waals surface area contributed by atoms with Crippen LogP contribution in [0.15, 0.2) is 121 Å². The monoisotopic (exact) mass is 656 g/mol. The molecule has 0 aromatic heterocycles. The molecule has 4 aromatic carbocycles. The van der Waals surface area contributed by atoms with E-state index in [1.807, 2.05) is 72.8 Å². The molecule has 0 aliphatic carbocycles. The molecule has 1 heterocycles. The van der Waals surface area contributed by atoms with Gasteiger partial charge in [-0.3, -0.25) is 0 Å². The number of hydrogen-bond donors (Lipinski definition) is 3. The summed E-state index contributed by atoms with van der Waals surface area (Å²) in [6, 6.07) is 40.9. The third-order valence-corrected chi connectivity index (χ3v) is 19.3. The number of aliphatic hydroxyl groups is 3. The zero-order valence-corrected chi connectivity index (χ0v) is 29.7. The lowest BCUT2D eigenvalue weighted by atomic mass is 9.99. The second-order valence-electron chi connectivity index (χ2n) is 14.3. The smallest absolute Gasteiger partial charge is 0.261 e. The minimum absolute atomic E-state index is 0.0387. The maximum absolute atomic E-state index is 11.7. The topological polar surface area (TPSA) is 88.4 Å². The molecule has 5 rings (SSSR count). The lowest BCUT2D eigenvalue weighted by Crippen LogP contribution is -2.72. The van der Waals surface area contributed by atoms with Crippen LogP contribution in [0.1, 0.15) is 41.5 Å². The van der Waals surface area contributed by atoms with Crippen LogP contribution in [-0.4, -0.2) is 69.3 Å². The molecule has 0 radical (unpaired) electrons. The van der Waals surface area contributed by atoms with Gasteiger partial charge in [-0.1, -0.05) is 163 Å². The highest BCUT2D eigenvalue weighted by molar-refractivity contribution is 7.00. The van der Waals surface area contributed by atoms with Crippen LogP contribution < -0.4 is 20.7 Å². The zero-order chi connectivity index (χ0) is 33.2. The number of ether oxygens (including phenoxy) is 1. The van der Waals surface area contributed by atoms with Crippen molar-refractivity contribution in [3.8, 4) is 0 Å². The molecule has 0 bridgehead atoms. The fraction of sp³-hybridized carbons (Fsp3) is 0.368. The summed E-state index contributed by atoms with van der Waals surface area (Å²) in [5.41, 5.74) is 0. The van der Waals surface area contributed by atoms with E-state index in [0.29, 0.717) is 0 Å². The fourth-order valence-corrected chi connectivity index (χ4v) is 16.3. The molecule has 0 unspecified atom stereocenters. The van der Waals surface area contributed by atoms with Crippen LogP contribution in [0.2, 0.25) is 10.1 Å². The lowest BCUT2D eigenvalue weighted by molar-refractivity contribution is -0.282. The number of hydrogen-bond acceptors (Lipinski definition) is 6. The molecule has 46 heavy (non-hydrogen) atoms. The van der Waals surface area contributed by atoms with Gasteiger partial charge < -0.3 is 28.9 Å². The van der Waals surface area contributed by atoms with Crippen molar-refractivity contribution in [1.82, 2.24) is 0 Å². The molecule has 1 saturated heterocycles. The van der Waals surface area contributed by atoms with Crippen molar-refractivity contribution in [2.75, 3.05) is 6.61 Å². The lowest BCUT2D eigenvalue weighted by Gasteiger charge is -2.50. The molecular weight excluding hydrogens is 609 g/mol. The van der Waals surface area contributed by atoms with Gasteiger partial charge in [0.25, 0.3) is 16.6 Å². The molecule has 4 aromatic rings. The Morgan fingerprint density at radius 1 is 0.543 bits per heavy atom. The highest BCUT2D eigenvalue weighted by Crippen LogP contribution is 2.41. The van der Waals surface area contributed by atoms with Crippen molar-refractivity contribution in [3.05, 3.63) is 121 Å². The van der Waals surface area contributed by atoms with Crippen LogP contribution in [0.4, 0.5) is 0 Å². The second kappa shape index (κ2) is 13.7. The summed E-state index contributed by atoms with van der Waals surface area (Å²) in [4.78, 5) is 0. The minimum Gasteiger partial charge on any atom is -0.405 e. The molecule has 1 fully saturated rings. The van der Waals surface area contributed by atoms with Gasteiger partial charge in [0.15, 0.2) is 6.29 Å². The van der Waals surface area contributed by atoms with Gasteiger partial charge in [-0.25, -0.2) is 0 Å². The van der Waals surface area contributed by atoms with Crippen molar-refractivity contribution < 1.29 is 28.9 Å². The molecule has 6 nitrogen and oxygen atoms in total. The van der Waals surface area contributed by atoms with Crippen LogP contribution in [0.3, 0.4) is 0 Å². The van der Waals surface area contributed by atoms with E-state index in [1.54, 1.807) is 0 Å². The Balaban J connectivity index is 1.63. The third kappa shape index (κ3) is 6.33. The van der Waals surface area contributed by atoms with Crippen molar-refractivity contribution in [3.63, 3.8) is 0 Å². The van der Waals surface area contributed by atoms with E-state index in [2.05, 4.69) is 90.1 Å². The van der Waals surface area contributed by atoms with Gasteiger partial charge in [-0.05, 0) is 30.8 Å². The van der Waals surface area contributed by atoms with Crippen molar-refractivity contribution >= 4 is 37.4 Å². The summed E-state index contributed by atoms with van der Waals surface area (Å²) < 4.78 is 20.7. The third-order valence-electron chi connectivity index (χ3n) is 9.27. The highest BCUT2D eigenvalue weighted by atomic mass is 28.4. The Kier molecular flexibility index (Phi) is 10.2. The zero-order valence-electron chi connectivity index (χ0n) is 27.7. The van der Waals surface area contributed by atoms with Crippen LogP contribution in [0.5, 0.6) is 0 Å². The Morgan fingerprint density at radius 3 is 1.24 bits per heavy atom. The average molecular weight is 657 g/mol. The normalized spacial score (nSPS) is 22.8. The van der Waals surface area contributed by atoms with E-state index < -0.39 is 47.3 Å². The average Bonchev–Trinajstić information content (AvgIpc) is 3.04. The van der Waals surface area contributed by atoms with E-state index in [0.717, 1.165) is 20.7 Å². The molecular formula is C38H48O6Si2. The minimum atomic E-state index is -3.19. The van der Waals surface area contributed by atoms with Crippen LogP contribution in [-0.2, 0) is 13.6 Å². The molecule has 244 valence electrons. The Hall–Kier alpha value is -2.93. The van der Waals surface area contributed by atoms with E-state index in [9.17, 15) is 15.3 Å². The van der Waals surface area contributed by atoms with Gasteiger partial charge in [0.1, 0.15) is 24.4 Å². The van der Waals surface area contributed by atoms with E-state index in [1.165, 1.54) is 0 Å². The first-order valence-electron chi connectivity index (χ1n) is 16.1. The van der Waals surface area contributed by atoms with Gasteiger partial charge >= 0.3 is 0 Å². The second-order valence-corrected chi connectivity index (χ2v) is 22.8. The first-order chi connectivity index (χ1) is 21.8. The standard InChI is InChI=1S/C38H48O6Si2/c1-37(2,3)45(28-19-11-7-12-20-28,29-21-13-8-14-22-29)42-27-32-35(33(39)34(40)36(41)43-32)44-46(38(4,5)6,30-23-15-9-16-24-30)31-25-17-10-18-26-31/h7-26,32-36,39-41H,27H2,1-6H3/t32-,33-,34-,35-,36+/m1/s1. The predicted octanol–water partition coefficient (Wildman–Crippen LogP) is 3.95. The van der Waals surface area contributed by atoms with Crippen molar-refractivity contribution in [2.45, 2.75) is 82.3 Å². The molecule has 5 atom stereocenters. The molecule has 8 heteroatoms. The number of benzene rings is 4. The van der Waals surface area contributed by atoms with Crippen LogP contribution in [0.25, 0.3) is 0 Å². The van der Waals surface area contributed by atoms with Crippen LogP contribution in [0, 0.1) is 0 Å². The van der Waals surface area contributed by atoms with E-state index in [4.69, 9.17) is 13.6 Å². The quantitative estimate of drug-likeness (QED) is 0.237. The molecule has 0 saturated carbocycles. The highest BCUT2D eigenvalue weighted by Gasteiger charge is 2.57. The summed E-state index contributed by atoms with van der Waals surface area (Å²) in [7, 11) is -6.19. The first-order valence-corrected chi connectivity index (χ1v) is 19.9. The summed E-state index contributed by atoms with van der Waals surface area (Å²) in [5, 5.41) is 37.1. The number of rotatable bonds is 9.